The first-order valence-electron chi connectivity index (χ1n) is 5.12. The van der Waals surface area contributed by atoms with Gasteiger partial charge in [0.1, 0.15) is 24.3 Å². The summed E-state index contributed by atoms with van der Waals surface area (Å²) in [5, 5.41) is 0. The molecule has 2 aromatic heterocycles. The Morgan fingerprint density at radius 3 is 3.27 bits per heavy atom. The van der Waals surface area contributed by atoms with Gasteiger partial charge in [0.05, 0.1) is 6.33 Å². The molecule has 0 aromatic carbocycles. The maximum atomic E-state index is 5.68. The first-order chi connectivity index (χ1) is 7.45. The maximum absolute atomic E-state index is 5.68. The largest absolute Gasteiger partial charge is 0.358 e. The molecule has 0 aliphatic carbocycles. The molecule has 15 heavy (non-hydrogen) atoms. The van der Waals surface area contributed by atoms with Gasteiger partial charge < -0.3 is 4.74 Å². The number of hydrogen-bond acceptors (Lipinski definition) is 4. The van der Waals surface area contributed by atoms with Gasteiger partial charge in [0.15, 0.2) is 5.65 Å². The van der Waals surface area contributed by atoms with Crippen LogP contribution in [0.5, 0.6) is 0 Å². The zero-order valence-corrected chi connectivity index (χ0v) is 8.26. The summed E-state index contributed by atoms with van der Waals surface area (Å²) >= 11 is 0. The minimum Gasteiger partial charge on any atom is -0.358 e. The maximum Gasteiger partial charge on any atom is 0.166 e. The van der Waals surface area contributed by atoms with Gasteiger partial charge in [0.2, 0.25) is 0 Å². The lowest BCUT2D eigenvalue weighted by atomic mass is 10.2. The second kappa shape index (κ2) is 3.58. The molecular weight excluding hydrogens is 192 g/mol. The fraction of sp³-hybridized carbons (Fsp3) is 0.500. The van der Waals surface area contributed by atoms with Crippen molar-refractivity contribution in [1.82, 2.24) is 19.5 Å². The Morgan fingerprint density at radius 1 is 1.40 bits per heavy atom. The van der Waals surface area contributed by atoms with Crippen LogP contribution in [0, 0.1) is 6.20 Å². The van der Waals surface area contributed by atoms with Gasteiger partial charge in [-0.2, -0.15) is 0 Å². The summed E-state index contributed by atoms with van der Waals surface area (Å²) in [4.78, 5) is 12.2. The lowest BCUT2D eigenvalue weighted by molar-refractivity contribution is -0.0298. The number of ether oxygens (including phenoxy) is 1. The van der Waals surface area contributed by atoms with Crippen molar-refractivity contribution >= 4 is 11.2 Å². The zero-order chi connectivity index (χ0) is 10.1. The van der Waals surface area contributed by atoms with E-state index >= 15 is 0 Å². The van der Waals surface area contributed by atoms with Crippen LogP contribution in [-0.2, 0) is 4.74 Å². The fourth-order valence-corrected chi connectivity index (χ4v) is 1.89. The van der Waals surface area contributed by atoms with Crippen molar-refractivity contribution in [3.8, 4) is 0 Å². The standard InChI is InChI=1S/C10H11N4O/c1-2-4-15-9(3-1)14-7-13-8-5-11-6-12-10(8)14/h6-7,9H,1-4H2. The Kier molecular flexibility index (Phi) is 2.10. The van der Waals surface area contributed by atoms with E-state index in [9.17, 15) is 0 Å². The molecule has 0 bridgehead atoms. The molecule has 5 nitrogen and oxygen atoms in total. The van der Waals surface area contributed by atoms with Crippen molar-refractivity contribution in [2.24, 2.45) is 0 Å². The van der Waals surface area contributed by atoms with Gasteiger partial charge in [-0.3, -0.25) is 4.57 Å². The third kappa shape index (κ3) is 1.48. The minimum atomic E-state index is 0.0760. The zero-order valence-electron chi connectivity index (χ0n) is 8.26. The number of imidazole rings is 1. The summed E-state index contributed by atoms with van der Waals surface area (Å²) in [5.41, 5.74) is 1.50. The van der Waals surface area contributed by atoms with Crippen LogP contribution in [0.1, 0.15) is 25.5 Å². The first kappa shape index (κ1) is 8.79. The summed E-state index contributed by atoms with van der Waals surface area (Å²) in [6.45, 7) is 0.819. The smallest absolute Gasteiger partial charge is 0.166 e. The van der Waals surface area contributed by atoms with Crippen molar-refractivity contribution in [1.29, 1.82) is 0 Å². The molecule has 1 radical (unpaired) electrons. The Morgan fingerprint density at radius 2 is 2.40 bits per heavy atom. The third-order valence-corrected chi connectivity index (χ3v) is 2.64. The molecule has 0 amide bonds. The normalized spacial score (nSPS) is 22.0. The van der Waals surface area contributed by atoms with E-state index < -0.39 is 0 Å². The Balaban J connectivity index is 2.02. The van der Waals surface area contributed by atoms with Crippen molar-refractivity contribution in [2.75, 3.05) is 6.61 Å². The summed E-state index contributed by atoms with van der Waals surface area (Å²) in [7, 11) is 0. The Bertz CT molecular complexity index is 461. The van der Waals surface area contributed by atoms with Crippen LogP contribution in [0.15, 0.2) is 12.7 Å². The predicted molar refractivity (Wildman–Crippen MR) is 53.0 cm³/mol. The molecular formula is C10H11N4O. The van der Waals surface area contributed by atoms with Gasteiger partial charge >= 0.3 is 0 Å². The van der Waals surface area contributed by atoms with E-state index in [-0.39, 0.29) is 6.23 Å². The van der Waals surface area contributed by atoms with Gasteiger partial charge in [-0.05, 0) is 19.3 Å². The molecule has 1 fully saturated rings. The van der Waals surface area contributed by atoms with Crippen molar-refractivity contribution < 1.29 is 4.74 Å². The van der Waals surface area contributed by atoms with Gasteiger partial charge in [0.25, 0.3) is 0 Å². The number of hydrogen-bond donors (Lipinski definition) is 0. The molecule has 0 N–H and O–H groups in total. The van der Waals surface area contributed by atoms with Gasteiger partial charge in [-0.15, -0.1) is 0 Å². The average Bonchev–Trinajstić information content (AvgIpc) is 2.74. The molecule has 2 aromatic rings. The van der Waals surface area contributed by atoms with Gasteiger partial charge in [0, 0.05) is 6.61 Å². The quantitative estimate of drug-likeness (QED) is 0.701. The van der Waals surface area contributed by atoms with Crippen LogP contribution in [0.3, 0.4) is 0 Å². The van der Waals surface area contributed by atoms with Crippen LogP contribution < -0.4 is 0 Å². The lowest BCUT2D eigenvalue weighted by Gasteiger charge is -2.23. The van der Waals surface area contributed by atoms with E-state index in [1.54, 1.807) is 6.33 Å². The fourth-order valence-electron chi connectivity index (χ4n) is 1.89. The molecule has 1 atom stereocenters. The highest BCUT2D eigenvalue weighted by Gasteiger charge is 2.18. The minimum absolute atomic E-state index is 0.0760. The molecule has 0 spiro atoms. The number of nitrogens with zero attached hydrogens (tertiary/aromatic N) is 4. The summed E-state index contributed by atoms with van der Waals surface area (Å²) < 4.78 is 7.64. The highest BCUT2D eigenvalue weighted by atomic mass is 16.5. The molecule has 0 saturated carbocycles. The van der Waals surface area contributed by atoms with E-state index in [1.807, 2.05) is 4.57 Å². The van der Waals surface area contributed by atoms with Crippen LogP contribution in [0.4, 0.5) is 0 Å². The predicted octanol–water partition coefficient (Wildman–Crippen LogP) is 1.33. The highest BCUT2D eigenvalue weighted by Crippen LogP contribution is 2.24. The lowest BCUT2D eigenvalue weighted by Crippen LogP contribution is -2.17. The second-order valence-electron chi connectivity index (χ2n) is 3.63. The average molecular weight is 203 g/mol. The highest BCUT2D eigenvalue weighted by molar-refractivity contribution is 5.68. The number of fused-ring (bicyclic) bond motifs is 1. The van der Waals surface area contributed by atoms with E-state index in [2.05, 4.69) is 21.1 Å². The summed E-state index contributed by atoms with van der Waals surface area (Å²) in [6, 6.07) is 0. The Hall–Kier alpha value is -1.49. The van der Waals surface area contributed by atoms with E-state index in [4.69, 9.17) is 4.74 Å². The van der Waals surface area contributed by atoms with E-state index in [1.165, 1.54) is 12.7 Å². The SMILES string of the molecule is [c]1ncnc2c1ncn2C1CCCCO1. The monoisotopic (exact) mass is 203 g/mol. The summed E-state index contributed by atoms with van der Waals surface area (Å²) in [6.07, 6.45) is 9.49. The van der Waals surface area contributed by atoms with Gasteiger partial charge in [-0.1, -0.05) is 0 Å². The van der Waals surface area contributed by atoms with Crippen LogP contribution >= 0.6 is 0 Å². The molecule has 3 heterocycles. The molecule has 3 rings (SSSR count). The van der Waals surface area contributed by atoms with Crippen LogP contribution in [0.25, 0.3) is 11.2 Å². The van der Waals surface area contributed by atoms with E-state index in [0.717, 1.165) is 25.1 Å². The molecule has 1 unspecified atom stereocenters. The summed E-state index contributed by atoms with van der Waals surface area (Å²) in [5.74, 6) is 0. The number of rotatable bonds is 1. The first-order valence-corrected chi connectivity index (χ1v) is 5.12. The van der Waals surface area contributed by atoms with Crippen molar-refractivity contribution in [2.45, 2.75) is 25.5 Å². The Labute approximate surface area is 87.1 Å². The van der Waals surface area contributed by atoms with Crippen LogP contribution in [0.2, 0.25) is 0 Å². The second-order valence-corrected chi connectivity index (χ2v) is 3.63. The van der Waals surface area contributed by atoms with E-state index in [0.29, 0.717) is 5.52 Å². The molecule has 1 aliphatic heterocycles. The third-order valence-electron chi connectivity index (χ3n) is 2.64. The van der Waals surface area contributed by atoms with Gasteiger partial charge in [-0.25, -0.2) is 15.0 Å². The number of aromatic nitrogens is 4. The van der Waals surface area contributed by atoms with Crippen molar-refractivity contribution in [3.63, 3.8) is 0 Å². The molecule has 5 heteroatoms. The topological polar surface area (TPSA) is 52.8 Å². The molecule has 1 aliphatic rings. The van der Waals surface area contributed by atoms with Crippen LogP contribution in [-0.4, -0.2) is 26.1 Å². The van der Waals surface area contributed by atoms with Crippen molar-refractivity contribution in [3.05, 3.63) is 18.9 Å². The molecule has 1 saturated heterocycles. The molecule has 77 valence electrons.